The number of hydrogen-bond donors (Lipinski definition) is 0. The Bertz CT molecular complexity index is 1460. The lowest BCUT2D eigenvalue weighted by atomic mass is 10.0. The molecule has 3 nitrogen and oxygen atoms in total. The highest BCUT2D eigenvalue weighted by molar-refractivity contribution is 6.10. The highest BCUT2D eigenvalue weighted by Gasteiger charge is 2.27. The number of aromatic nitrogens is 1. The number of nitrogens with zero attached hydrogens (tertiary/aromatic N) is 3. The Morgan fingerprint density at radius 1 is 0.727 bits per heavy atom. The van der Waals surface area contributed by atoms with Crippen LogP contribution in [-0.2, 0) is 6.42 Å². The Morgan fingerprint density at radius 3 is 2.30 bits per heavy atom. The van der Waals surface area contributed by atoms with Crippen LogP contribution in [0.15, 0.2) is 91.0 Å². The average molecular weight is 432 g/mol. The molecule has 0 unspecified atom stereocenters. The van der Waals surface area contributed by atoms with Crippen LogP contribution < -0.4 is 4.90 Å². The van der Waals surface area contributed by atoms with Crippen LogP contribution in [0.5, 0.6) is 0 Å². The lowest BCUT2D eigenvalue weighted by Crippen LogP contribution is -2.41. The van der Waals surface area contributed by atoms with Crippen LogP contribution in [0.3, 0.4) is 0 Å². The molecule has 0 N–H and O–H groups in total. The monoisotopic (exact) mass is 431 g/mol. The molecule has 0 saturated heterocycles. The Balaban J connectivity index is 1.65. The molecule has 1 aliphatic heterocycles. The summed E-state index contributed by atoms with van der Waals surface area (Å²) in [5.74, 6) is 0. The van der Waals surface area contributed by atoms with E-state index in [1.807, 2.05) is 0 Å². The first-order valence-corrected chi connectivity index (χ1v) is 11.8. The Kier molecular flexibility index (Phi) is 4.74. The van der Waals surface area contributed by atoms with Crippen molar-refractivity contribution in [3.63, 3.8) is 0 Å². The molecule has 0 spiro atoms. The molecule has 1 aromatic heterocycles. The van der Waals surface area contributed by atoms with E-state index in [1.165, 1.54) is 50.0 Å². The van der Waals surface area contributed by atoms with Gasteiger partial charge in [0.05, 0.1) is 17.2 Å². The van der Waals surface area contributed by atoms with Crippen molar-refractivity contribution in [2.24, 2.45) is 0 Å². The molecule has 0 fully saturated rings. The molecule has 0 bridgehead atoms. The van der Waals surface area contributed by atoms with Crippen LogP contribution in [0, 0.1) is 6.92 Å². The zero-order valence-corrected chi connectivity index (χ0v) is 19.5. The summed E-state index contributed by atoms with van der Waals surface area (Å²) in [6.45, 7) is 5.63. The van der Waals surface area contributed by atoms with Gasteiger partial charge in [0.1, 0.15) is 0 Å². The van der Waals surface area contributed by atoms with Gasteiger partial charge in [0, 0.05) is 34.4 Å². The van der Waals surface area contributed by atoms with Crippen molar-refractivity contribution in [2.75, 3.05) is 18.5 Å². The fraction of sp³-hybridized carbons (Fsp3) is 0.200. The minimum absolute atomic E-state index is 0.271. The molecule has 0 amide bonds. The predicted octanol–water partition coefficient (Wildman–Crippen LogP) is 7.06. The molecule has 3 heteroatoms. The fourth-order valence-corrected chi connectivity index (χ4v) is 5.39. The molecular formula is C30H29N3. The van der Waals surface area contributed by atoms with Gasteiger partial charge in [-0.05, 0) is 74.8 Å². The predicted molar refractivity (Wildman–Crippen MR) is 140 cm³/mol. The summed E-state index contributed by atoms with van der Waals surface area (Å²) in [4.78, 5) is 4.99. The topological polar surface area (TPSA) is 11.4 Å². The van der Waals surface area contributed by atoms with Gasteiger partial charge >= 0.3 is 0 Å². The molecule has 33 heavy (non-hydrogen) atoms. The van der Waals surface area contributed by atoms with Crippen LogP contribution in [0.2, 0.25) is 0 Å². The van der Waals surface area contributed by atoms with Gasteiger partial charge < -0.3 is 9.47 Å². The molecule has 5 aromatic rings. The van der Waals surface area contributed by atoms with E-state index >= 15 is 0 Å². The van der Waals surface area contributed by atoms with Crippen molar-refractivity contribution in [1.29, 1.82) is 0 Å². The van der Waals surface area contributed by atoms with E-state index in [-0.39, 0.29) is 6.17 Å². The van der Waals surface area contributed by atoms with E-state index in [1.54, 1.807) is 0 Å². The third-order valence-electron chi connectivity index (χ3n) is 7.26. The Labute approximate surface area is 195 Å². The largest absolute Gasteiger partial charge is 0.325 e. The summed E-state index contributed by atoms with van der Waals surface area (Å²) >= 11 is 0. The lowest BCUT2D eigenvalue weighted by molar-refractivity contribution is 0.271. The molecule has 1 aliphatic rings. The normalized spacial score (nSPS) is 16.8. The number of hydrogen-bond acceptors (Lipinski definition) is 2. The minimum Gasteiger partial charge on any atom is -0.325 e. The first kappa shape index (κ1) is 20.1. The van der Waals surface area contributed by atoms with E-state index in [4.69, 9.17) is 0 Å². The maximum absolute atomic E-state index is 2.53. The summed E-state index contributed by atoms with van der Waals surface area (Å²) in [7, 11) is 2.23. The van der Waals surface area contributed by atoms with Crippen LogP contribution in [0.4, 0.5) is 11.4 Å². The van der Waals surface area contributed by atoms with E-state index in [0.717, 1.165) is 13.0 Å². The van der Waals surface area contributed by atoms with Crippen molar-refractivity contribution in [1.82, 2.24) is 9.47 Å². The second kappa shape index (κ2) is 7.79. The quantitative estimate of drug-likeness (QED) is 0.296. The maximum atomic E-state index is 2.53. The Morgan fingerprint density at radius 2 is 1.45 bits per heavy atom. The van der Waals surface area contributed by atoms with E-state index in [2.05, 4.69) is 126 Å². The Hall–Kier alpha value is -3.56. The number of aryl methyl sites for hydroxylation is 1. The third-order valence-corrected chi connectivity index (χ3v) is 7.26. The SMILES string of the molecule is Cc1cc2c(cc1N1c3ccccc3CCN(C)[C@@H]1C)c1ccccc1n2-c1ccccc1. The summed E-state index contributed by atoms with van der Waals surface area (Å²) < 4.78 is 2.40. The number of fused-ring (bicyclic) bond motifs is 4. The van der Waals surface area contributed by atoms with Gasteiger partial charge in [-0.15, -0.1) is 0 Å². The molecule has 4 aromatic carbocycles. The number of anilines is 2. The lowest BCUT2D eigenvalue weighted by Gasteiger charge is -2.36. The molecule has 0 aliphatic carbocycles. The zero-order chi connectivity index (χ0) is 22.5. The standard InChI is InChI=1S/C30H29N3/c1-21-19-30-26(25-14-8-10-16-28(25)33(30)24-12-5-4-6-13-24)20-29(21)32-22(2)31(3)18-17-23-11-7-9-15-27(23)32/h4-16,19-20,22H,17-18H2,1-3H3/t22-/m0/s1. The second-order valence-electron chi connectivity index (χ2n) is 9.21. The van der Waals surface area contributed by atoms with Gasteiger partial charge in [-0.1, -0.05) is 54.6 Å². The van der Waals surface area contributed by atoms with Crippen molar-refractivity contribution < 1.29 is 0 Å². The molecule has 6 rings (SSSR count). The zero-order valence-electron chi connectivity index (χ0n) is 19.5. The number of benzene rings is 4. The number of likely N-dealkylation sites (N-methyl/N-ethyl adjacent to an activating group) is 1. The highest BCUT2D eigenvalue weighted by atomic mass is 15.3. The smallest absolute Gasteiger partial charge is 0.0839 e. The van der Waals surface area contributed by atoms with E-state index in [0.29, 0.717) is 0 Å². The summed E-state index contributed by atoms with van der Waals surface area (Å²) in [6, 6.07) is 33.1. The van der Waals surface area contributed by atoms with Crippen molar-refractivity contribution in [3.05, 3.63) is 102 Å². The summed E-state index contributed by atoms with van der Waals surface area (Å²) in [6.07, 6.45) is 1.34. The van der Waals surface area contributed by atoms with Gasteiger partial charge in [0.2, 0.25) is 0 Å². The molecule has 0 radical (unpaired) electrons. The van der Waals surface area contributed by atoms with Gasteiger partial charge in [-0.3, -0.25) is 4.90 Å². The summed E-state index contributed by atoms with van der Waals surface area (Å²) in [5.41, 5.74) is 9.02. The van der Waals surface area contributed by atoms with Crippen LogP contribution >= 0.6 is 0 Å². The fourth-order valence-electron chi connectivity index (χ4n) is 5.39. The molecule has 1 atom stereocenters. The van der Waals surface area contributed by atoms with Crippen molar-refractivity contribution in [2.45, 2.75) is 26.4 Å². The van der Waals surface area contributed by atoms with Gasteiger partial charge in [-0.25, -0.2) is 0 Å². The third kappa shape index (κ3) is 3.15. The summed E-state index contributed by atoms with van der Waals surface area (Å²) in [5, 5.41) is 2.59. The van der Waals surface area contributed by atoms with E-state index < -0.39 is 0 Å². The molecule has 164 valence electrons. The van der Waals surface area contributed by atoms with E-state index in [9.17, 15) is 0 Å². The first-order chi connectivity index (χ1) is 16.1. The number of para-hydroxylation sites is 3. The van der Waals surface area contributed by atoms with Gasteiger partial charge in [0.15, 0.2) is 0 Å². The molecule has 2 heterocycles. The highest BCUT2D eigenvalue weighted by Crippen LogP contribution is 2.41. The second-order valence-corrected chi connectivity index (χ2v) is 9.21. The molecule has 0 saturated carbocycles. The molecular weight excluding hydrogens is 402 g/mol. The van der Waals surface area contributed by atoms with Crippen LogP contribution in [0.1, 0.15) is 18.1 Å². The maximum Gasteiger partial charge on any atom is 0.0839 e. The van der Waals surface area contributed by atoms with Crippen molar-refractivity contribution >= 4 is 33.2 Å². The van der Waals surface area contributed by atoms with Crippen LogP contribution in [-0.4, -0.2) is 29.2 Å². The van der Waals surface area contributed by atoms with Gasteiger partial charge in [-0.2, -0.15) is 0 Å². The average Bonchev–Trinajstić information content (AvgIpc) is 3.10. The van der Waals surface area contributed by atoms with Crippen LogP contribution in [0.25, 0.3) is 27.5 Å². The number of rotatable bonds is 2. The minimum atomic E-state index is 0.271. The first-order valence-electron chi connectivity index (χ1n) is 11.8. The van der Waals surface area contributed by atoms with Gasteiger partial charge in [0.25, 0.3) is 0 Å². The van der Waals surface area contributed by atoms with Crippen molar-refractivity contribution in [3.8, 4) is 5.69 Å².